The lowest BCUT2D eigenvalue weighted by Gasteiger charge is -2.03. The van der Waals surface area contributed by atoms with Crippen LogP contribution in [0.5, 0.6) is 11.5 Å². The maximum Gasteiger partial charge on any atom is 0.331 e. The smallest absolute Gasteiger partial charge is 0.331 e. The number of phenols is 1. The van der Waals surface area contributed by atoms with Crippen LogP contribution in [0.1, 0.15) is 11.5 Å². The third kappa shape index (κ3) is 4.24. The minimum atomic E-state index is -0.553. The van der Waals surface area contributed by atoms with Crippen LogP contribution in [0.25, 0.3) is 16.8 Å². The number of aromatic hydroxyl groups is 1. The maximum atomic E-state index is 11.8. The summed E-state index contributed by atoms with van der Waals surface area (Å²) in [6, 6.07) is 8.49. The molecule has 0 radical (unpaired) electrons. The number of phenolic OH excluding ortho intramolecular Hbond substituents is 1. The summed E-state index contributed by atoms with van der Waals surface area (Å²) in [5.41, 5.74) is 0.685. The van der Waals surface area contributed by atoms with Crippen molar-refractivity contribution >= 4 is 23.4 Å². The normalized spacial score (nSPS) is 10.9. The second-order valence-corrected chi connectivity index (χ2v) is 5.81. The van der Waals surface area contributed by atoms with Crippen molar-refractivity contribution in [1.29, 1.82) is 0 Å². The Hall–Kier alpha value is -3.13. The van der Waals surface area contributed by atoms with Crippen molar-refractivity contribution in [3.63, 3.8) is 0 Å². The van der Waals surface area contributed by atoms with Gasteiger partial charge in [0.15, 0.2) is 18.1 Å². The monoisotopic (exact) mass is 358 g/mol. The first-order valence-corrected chi connectivity index (χ1v) is 8.12. The predicted octanol–water partition coefficient (Wildman–Crippen LogP) is 3.27. The van der Waals surface area contributed by atoms with Crippen molar-refractivity contribution in [3.05, 3.63) is 53.2 Å². The molecule has 0 aliphatic carbocycles. The fourth-order valence-electron chi connectivity index (χ4n) is 1.96. The maximum absolute atomic E-state index is 11.8. The molecule has 3 rings (SSSR count). The standard InChI is InChI=1S/C17H14N2O5S/c1-22-13-9-11(4-6-12(13)20)5-7-16(21)23-10-15-18-17(19-24-15)14-3-2-8-25-14/h2-9,20H,10H2,1H3/b7-5+. The minimum absolute atomic E-state index is 0.0279. The second-order valence-electron chi connectivity index (χ2n) is 4.86. The lowest BCUT2D eigenvalue weighted by molar-refractivity contribution is -0.139. The van der Waals surface area contributed by atoms with E-state index in [1.165, 1.54) is 30.6 Å². The summed E-state index contributed by atoms with van der Waals surface area (Å²) in [6.07, 6.45) is 2.82. The van der Waals surface area contributed by atoms with Crippen molar-refractivity contribution in [1.82, 2.24) is 10.1 Å². The summed E-state index contributed by atoms with van der Waals surface area (Å²) >= 11 is 1.49. The van der Waals surface area contributed by atoms with E-state index in [4.69, 9.17) is 14.0 Å². The molecule has 0 bridgehead atoms. The molecule has 0 spiro atoms. The molecule has 0 atom stereocenters. The molecule has 0 saturated heterocycles. The molecule has 2 aromatic heterocycles. The fourth-order valence-corrected chi connectivity index (χ4v) is 2.61. The van der Waals surface area contributed by atoms with Gasteiger partial charge in [0, 0.05) is 6.08 Å². The number of ether oxygens (including phenoxy) is 2. The Morgan fingerprint density at radius 1 is 1.40 bits per heavy atom. The SMILES string of the molecule is COc1cc(/C=C/C(=O)OCc2nc(-c3cccs3)no2)ccc1O. The van der Waals surface area contributed by atoms with Crippen LogP contribution in [0.4, 0.5) is 0 Å². The highest BCUT2D eigenvalue weighted by Crippen LogP contribution is 2.26. The van der Waals surface area contributed by atoms with Crippen LogP contribution in [0.3, 0.4) is 0 Å². The predicted molar refractivity (Wildman–Crippen MR) is 91.1 cm³/mol. The van der Waals surface area contributed by atoms with Crippen molar-refractivity contribution in [2.75, 3.05) is 7.11 Å². The number of thiophene rings is 1. The molecule has 0 amide bonds. The Morgan fingerprint density at radius 3 is 3.04 bits per heavy atom. The summed E-state index contributed by atoms with van der Waals surface area (Å²) in [4.78, 5) is 16.8. The van der Waals surface area contributed by atoms with Gasteiger partial charge < -0.3 is 19.1 Å². The molecule has 0 unspecified atom stereocenters. The van der Waals surface area contributed by atoms with Gasteiger partial charge in [0.05, 0.1) is 12.0 Å². The fraction of sp³-hybridized carbons (Fsp3) is 0.118. The van der Waals surface area contributed by atoms with Gasteiger partial charge in [-0.1, -0.05) is 17.3 Å². The largest absolute Gasteiger partial charge is 0.504 e. The van der Waals surface area contributed by atoms with Crippen LogP contribution < -0.4 is 4.74 Å². The van der Waals surface area contributed by atoms with Crippen LogP contribution >= 0.6 is 11.3 Å². The van der Waals surface area contributed by atoms with Gasteiger partial charge in [0.1, 0.15) is 0 Å². The number of hydrogen-bond donors (Lipinski definition) is 1. The first kappa shape index (κ1) is 16.7. The summed E-state index contributed by atoms with van der Waals surface area (Å²) in [5.74, 6) is 0.481. The van der Waals surface area contributed by atoms with Crippen LogP contribution in [-0.4, -0.2) is 28.3 Å². The Bertz CT molecular complexity index is 886. The molecule has 0 saturated carbocycles. The molecule has 8 heteroatoms. The van der Waals surface area contributed by atoms with E-state index in [0.29, 0.717) is 17.1 Å². The van der Waals surface area contributed by atoms with Gasteiger partial charge in [-0.05, 0) is 35.2 Å². The highest BCUT2D eigenvalue weighted by molar-refractivity contribution is 7.13. The zero-order valence-corrected chi connectivity index (χ0v) is 14.0. The molecule has 7 nitrogen and oxygen atoms in total. The quantitative estimate of drug-likeness (QED) is 0.534. The number of aromatic nitrogens is 2. The van der Waals surface area contributed by atoms with E-state index in [2.05, 4.69) is 10.1 Å². The van der Waals surface area contributed by atoms with Crippen LogP contribution in [-0.2, 0) is 16.1 Å². The number of carbonyl (C=O) groups is 1. The Kier molecular flexibility index (Phi) is 5.10. The molecule has 128 valence electrons. The summed E-state index contributed by atoms with van der Waals surface area (Å²) in [7, 11) is 1.45. The number of methoxy groups -OCH3 is 1. The Labute approximate surface area is 147 Å². The van der Waals surface area contributed by atoms with E-state index < -0.39 is 5.97 Å². The molecule has 2 heterocycles. The highest BCUT2D eigenvalue weighted by atomic mass is 32.1. The van der Waals surface area contributed by atoms with Crippen molar-refractivity contribution in [2.24, 2.45) is 0 Å². The summed E-state index contributed by atoms with van der Waals surface area (Å²) < 4.78 is 15.1. The molecule has 25 heavy (non-hydrogen) atoms. The average Bonchev–Trinajstić information content (AvgIpc) is 3.30. The second kappa shape index (κ2) is 7.63. The van der Waals surface area contributed by atoms with E-state index >= 15 is 0 Å². The number of hydrogen-bond acceptors (Lipinski definition) is 8. The van der Waals surface area contributed by atoms with Crippen molar-refractivity contribution in [3.8, 4) is 22.2 Å². The number of esters is 1. The van der Waals surface area contributed by atoms with Crippen molar-refractivity contribution in [2.45, 2.75) is 6.61 Å². The van der Waals surface area contributed by atoms with E-state index in [1.54, 1.807) is 18.2 Å². The van der Waals surface area contributed by atoms with Crippen LogP contribution in [0.2, 0.25) is 0 Å². The van der Waals surface area contributed by atoms with Gasteiger partial charge >= 0.3 is 5.97 Å². The molecular weight excluding hydrogens is 344 g/mol. The topological polar surface area (TPSA) is 94.7 Å². The average molecular weight is 358 g/mol. The molecule has 0 fully saturated rings. The molecule has 1 aromatic carbocycles. The minimum Gasteiger partial charge on any atom is -0.504 e. The van der Waals surface area contributed by atoms with Gasteiger partial charge in [-0.15, -0.1) is 11.3 Å². The summed E-state index contributed by atoms with van der Waals surface area (Å²) in [6.45, 7) is -0.111. The lowest BCUT2D eigenvalue weighted by Crippen LogP contribution is -2.00. The molecular formula is C17H14N2O5S. The van der Waals surface area contributed by atoms with Gasteiger partial charge in [-0.3, -0.25) is 0 Å². The molecule has 0 aliphatic rings. The third-order valence-corrected chi connectivity index (χ3v) is 4.03. The zero-order valence-electron chi connectivity index (χ0n) is 13.2. The van der Waals surface area contributed by atoms with E-state index in [0.717, 1.165) is 4.88 Å². The number of benzene rings is 1. The number of nitrogens with zero attached hydrogens (tertiary/aromatic N) is 2. The Morgan fingerprint density at radius 2 is 2.28 bits per heavy atom. The first-order valence-electron chi connectivity index (χ1n) is 7.24. The van der Waals surface area contributed by atoms with E-state index in [-0.39, 0.29) is 18.2 Å². The van der Waals surface area contributed by atoms with Gasteiger partial charge in [0.2, 0.25) is 5.82 Å². The lowest BCUT2D eigenvalue weighted by atomic mass is 10.2. The molecule has 0 aliphatic heterocycles. The van der Waals surface area contributed by atoms with E-state index in [1.807, 2.05) is 17.5 Å². The van der Waals surface area contributed by atoms with Crippen LogP contribution in [0, 0.1) is 0 Å². The zero-order chi connectivity index (χ0) is 17.6. The molecule has 1 N–H and O–H groups in total. The van der Waals surface area contributed by atoms with Crippen molar-refractivity contribution < 1.29 is 23.9 Å². The first-order chi connectivity index (χ1) is 12.2. The van der Waals surface area contributed by atoms with Crippen LogP contribution in [0.15, 0.2) is 46.3 Å². The number of carbonyl (C=O) groups excluding carboxylic acids is 1. The van der Waals surface area contributed by atoms with Gasteiger partial charge in [-0.2, -0.15) is 4.98 Å². The van der Waals surface area contributed by atoms with E-state index in [9.17, 15) is 9.90 Å². The highest BCUT2D eigenvalue weighted by Gasteiger charge is 2.10. The van der Waals surface area contributed by atoms with Gasteiger partial charge in [-0.25, -0.2) is 4.79 Å². The van der Waals surface area contributed by atoms with Gasteiger partial charge in [0.25, 0.3) is 5.89 Å². The number of rotatable bonds is 6. The third-order valence-electron chi connectivity index (χ3n) is 3.16. The Balaban J connectivity index is 1.56. The summed E-state index contributed by atoms with van der Waals surface area (Å²) in [5, 5.41) is 15.3. The molecule has 3 aromatic rings.